The minimum Gasteiger partial charge on any atom is -0.309 e. The van der Waals surface area contributed by atoms with Gasteiger partial charge in [0, 0.05) is 10.9 Å². The fraction of sp³-hybridized carbons (Fsp3) is 0.286. The topological polar surface area (TPSA) is 12.0 Å². The molecule has 0 spiro atoms. The summed E-state index contributed by atoms with van der Waals surface area (Å²) in [4.78, 5) is 1.33. The Balaban J connectivity index is 2.10. The largest absolute Gasteiger partial charge is 0.309 e. The van der Waals surface area contributed by atoms with Crippen molar-refractivity contribution >= 4 is 11.3 Å². The lowest BCUT2D eigenvalue weighted by atomic mass is 10.0. The molecule has 0 radical (unpaired) electrons. The maximum atomic E-state index is 12.8. The van der Waals surface area contributed by atoms with Gasteiger partial charge in [0.25, 0.3) is 0 Å². The predicted molar refractivity (Wildman–Crippen MR) is 70.8 cm³/mol. The zero-order valence-electron chi connectivity index (χ0n) is 9.82. The molecule has 0 bridgehead atoms. The summed E-state index contributed by atoms with van der Waals surface area (Å²) < 4.78 is 12.8. The summed E-state index contributed by atoms with van der Waals surface area (Å²) in [6.45, 7) is 3.04. The van der Waals surface area contributed by atoms with Gasteiger partial charge in [-0.3, -0.25) is 0 Å². The van der Waals surface area contributed by atoms with Crippen LogP contribution in [0.5, 0.6) is 0 Å². The third kappa shape index (κ3) is 3.38. The summed E-state index contributed by atoms with van der Waals surface area (Å²) >= 11 is 1.76. The van der Waals surface area contributed by atoms with Crippen molar-refractivity contribution in [2.75, 3.05) is 6.54 Å². The lowest BCUT2D eigenvalue weighted by Gasteiger charge is -2.16. The molecule has 0 saturated heterocycles. The second-order valence-electron chi connectivity index (χ2n) is 3.96. The number of likely N-dealkylation sites (N-methyl/N-ethyl adjacent to an activating group) is 1. The van der Waals surface area contributed by atoms with Gasteiger partial charge < -0.3 is 5.32 Å². The minimum absolute atomic E-state index is 0.176. The fourth-order valence-electron chi connectivity index (χ4n) is 1.87. The van der Waals surface area contributed by atoms with E-state index >= 15 is 0 Å². The van der Waals surface area contributed by atoms with E-state index in [0.717, 1.165) is 18.5 Å². The third-order valence-corrected chi connectivity index (χ3v) is 3.68. The minimum atomic E-state index is -0.176. The Morgan fingerprint density at radius 3 is 2.59 bits per heavy atom. The van der Waals surface area contributed by atoms with Crippen molar-refractivity contribution in [2.45, 2.75) is 19.4 Å². The average molecular weight is 249 g/mol. The highest BCUT2D eigenvalue weighted by Gasteiger charge is 2.11. The second kappa shape index (κ2) is 5.94. The van der Waals surface area contributed by atoms with Crippen molar-refractivity contribution in [1.29, 1.82) is 0 Å². The standard InChI is InChI=1S/C14H16FNS/c1-2-16-13(14-4-3-9-17-14)10-11-5-7-12(15)8-6-11/h3-9,13,16H,2,10H2,1H3. The van der Waals surface area contributed by atoms with E-state index in [9.17, 15) is 4.39 Å². The van der Waals surface area contributed by atoms with Crippen LogP contribution in [0, 0.1) is 5.82 Å². The van der Waals surface area contributed by atoms with Crippen molar-refractivity contribution in [2.24, 2.45) is 0 Å². The quantitative estimate of drug-likeness (QED) is 0.850. The van der Waals surface area contributed by atoms with Gasteiger partial charge in [-0.1, -0.05) is 25.1 Å². The first-order valence-electron chi connectivity index (χ1n) is 5.81. The van der Waals surface area contributed by atoms with Gasteiger partial charge in [-0.2, -0.15) is 0 Å². The van der Waals surface area contributed by atoms with Crippen LogP contribution in [0.2, 0.25) is 0 Å². The molecule has 0 amide bonds. The number of hydrogen-bond donors (Lipinski definition) is 1. The van der Waals surface area contributed by atoms with Gasteiger partial charge in [-0.05, 0) is 42.1 Å². The molecule has 2 rings (SSSR count). The van der Waals surface area contributed by atoms with Gasteiger partial charge in [0.05, 0.1) is 0 Å². The van der Waals surface area contributed by atoms with Crippen LogP contribution < -0.4 is 5.32 Å². The molecule has 17 heavy (non-hydrogen) atoms. The molecule has 1 atom stereocenters. The van der Waals surface area contributed by atoms with Crippen LogP contribution in [-0.4, -0.2) is 6.54 Å². The van der Waals surface area contributed by atoms with Gasteiger partial charge in [0.1, 0.15) is 5.82 Å². The molecule has 0 aliphatic heterocycles. The van der Waals surface area contributed by atoms with E-state index in [4.69, 9.17) is 0 Å². The summed E-state index contributed by atoms with van der Waals surface area (Å²) in [7, 11) is 0. The maximum absolute atomic E-state index is 12.8. The second-order valence-corrected chi connectivity index (χ2v) is 4.94. The molecule has 1 unspecified atom stereocenters. The highest BCUT2D eigenvalue weighted by atomic mass is 32.1. The first-order valence-corrected chi connectivity index (χ1v) is 6.68. The number of benzene rings is 1. The van der Waals surface area contributed by atoms with Crippen molar-refractivity contribution in [1.82, 2.24) is 5.32 Å². The van der Waals surface area contributed by atoms with Gasteiger partial charge in [-0.15, -0.1) is 11.3 Å². The molecule has 0 saturated carbocycles. The highest BCUT2D eigenvalue weighted by molar-refractivity contribution is 7.10. The zero-order valence-corrected chi connectivity index (χ0v) is 10.6. The Kier molecular flexibility index (Phi) is 4.29. The monoisotopic (exact) mass is 249 g/mol. The number of rotatable bonds is 5. The molecule has 1 aromatic heterocycles. The van der Waals surface area contributed by atoms with Crippen LogP contribution in [0.15, 0.2) is 41.8 Å². The molecule has 0 aliphatic rings. The first-order chi connectivity index (χ1) is 8.29. The van der Waals surface area contributed by atoms with E-state index in [1.165, 1.54) is 17.0 Å². The Morgan fingerprint density at radius 1 is 1.24 bits per heavy atom. The van der Waals surface area contributed by atoms with E-state index in [-0.39, 0.29) is 5.82 Å². The van der Waals surface area contributed by atoms with E-state index in [2.05, 4.69) is 29.8 Å². The molecular weight excluding hydrogens is 233 g/mol. The van der Waals surface area contributed by atoms with Gasteiger partial charge in [-0.25, -0.2) is 4.39 Å². The summed E-state index contributed by atoms with van der Waals surface area (Å²) in [6, 6.07) is 11.3. The Morgan fingerprint density at radius 2 is 2.00 bits per heavy atom. The Labute approximate surface area is 105 Å². The van der Waals surface area contributed by atoms with Crippen molar-refractivity contribution < 1.29 is 4.39 Å². The molecule has 3 heteroatoms. The van der Waals surface area contributed by atoms with Gasteiger partial charge in [0.15, 0.2) is 0 Å². The Hall–Kier alpha value is -1.19. The van der Waals surface area contributed by atoms with Crippen LogP contribution in [0.1, 0.15) is 23.4 Å². The smallest absolute Gasteiger partial charge is 0.123 e. The SMILES string of the molecule is CCNC(Cc1ccc(F)cc1)c1cccs1. The average Bonchev–Trinajstić information content (AvgIpc) is 2.85. The number of thiophene rings is 1. The third-order valence-electron chi connectivity index (χ3n) is 2.69. The summed E-state index contributed by atoms with van der Waals surface area (Å²) in [5, 5.41) is 5.55. The van der Waals surface area contributed by atoms with Crippen LogP contribution >= 0.6 is 11.3 Å². The van der Waals surface area contributed by atoms with Gasteiger partial charge in [0.2, 0.25) is 0 Å². The molecule has 1 aromatic carbocycles. The summed E-state index contributed by atoms with van der Waals surface area (Å²) in [6.07, 6.45) is 0.897. The van der Waals surface area contributed by atoms with Crippen molar-refractivity contribution in [3.8, 4) is 0 Å². The van der Waals surface area contributed by atoms with E-state index < -0.39 is 0 Å². The molecule has 2 aromatic rings. The van der Waals surface area contributed by atoms with Crippen LogP contribution in [0.25, 0.3) is 0 Å². The van der Waals surface area contributed by atoms with Gasteiger partial charge >= 0.3 is 0 Å². The van der Waals surface area contributed by atoms with E-state index in [0.29, 0.717) is 6.04 Å². The van der Waals surface area contributed by atoms with Crippen LogP contribution in [-0.2, 0) is 6.42 Å². The normalized spacial score (nSPS) is 12.6. The first kappa shape index (κ1) is 12.3. The van der Waals surface area contributed by atoms with E-state index in [1.54, 1.807) is 11.3 Å². The number of nitrogens with one attached hydrogen (secondary N) is 1. The molecule has 90 valence electrons. The molecule has 1 N–H and O–H groups in total. The van der Waals surface area contributed by atoms with Crippen molar-refractivity contribution in [3.63, 3.8) is 0 Å². The molecule has 1 nitrogen and oxygen atoms in total. The molecule has 0 fully saturated rings. The fourth-order valence-corrected chi connectivity index (χ4v) is 2.67. The molecule has 1 heterocycles. The Bertz CT molecular complexity index is 436. The molecular formula is C14H16FNS. The maximum Gasteiger partial charge on any atom is 0.123 e. The summed E-state index contributed by atoms with van der Waals surface area (Å²) in [5.74, 6) is -0.176. The molecule has 0 aliphatic carbocycles. The highest BCUT2D eigenvalue weighted by Crippen LogP contribution is 2.22. The van der Waals surface area contributed by atoms with E-state index in [1.807, 2.05) is 12.1 Å². The number of halogens is 1. The lowest BCUT2D eigenvalue weighted by molar-refractivity contribution is 0.557. The van der Waals surface area contributed by atoms with Crippen LogP contribution in [0.4, 0.5) is 4.39 Å². The predicted octanol–water partition coefficient (Wildman–Crippen LogP) is 3.78. The van der Waals surface area contributed by atoms with Crippen LogP contribution in [0.3, 0.4) is 0 Å². The lowest BCUT2D eigenvalue weighted by Crippen LogP contribution is -2.22. The summed E-state index contributed by atoms with van der Waals surface area (Å²) in [5.41, 5.74) is 1.16. The zero-order chi connectivity index (χ0) is 12.1. The van der Waals surface area contributed by atoms with Crippen molar-refractivity contribution in [3.05, 3.63) is 58.0 Å². The number of hydrogen-bond acceptors (Lipinski definition) is 2.